The molecule has 0 aliphatic carbocycles. The fourth-order valence-corrected chi connectivity index (χ4v) is 2.95. The molecule has 1 aromatic carbocycles. The van der Waals surface area contributed by atoms with Gasteiger partial charge in [0.1, 0.15) is 0 Å². The summed E-state index contributed by atoms with van der Waals surface area (Å²) >= 11 is 0. The Morgan fingerprint density at radius 2 is 1.88 bits per heavy atom. The number of carbonyl (C=O) groups is 4. The van der Waals surface area contributed by atoms with Crippen molar-refractivity contribution in [3.05, 3.63) is 24.3 Å². The lowest BCUT2D eigenvalue weighted by molar-refractivity contribution is -0.125. The zero-order valence-electron chi connectivity index (χ0n) is 13.8. The average Bonchev–Trinajstić information content (AvgIpc) is 3.15. The van der Waals surface area contributed by atoms with Gasteiger partial charge in [-0.1, -0.05) is 0 Å². The van der Waals surface area contributed by atoms with Crippen LogP contribution in [0.2, 0.25) is 0 Å². The molecule has 0 saturated carbocycles. The zero-order chi connectivity index (χ0) is 17.8. The first-order valence-electron chi connectivity index (χ1n) is 8.33. The van der Waals surface area contributed by atoms with Crippen LogP contribution in [0.15, 0.2) is 24.3 Å². The number of hydrogen-bond acceptors (Lipinski definition) is 4. The highest BCUT2D eigenvalue weighted by Crippen LogP contribution is 2.23. The van der Waals surface area contributed by atoms with E-state index < -0.39 is 6.03 Å². The van der Waals surface area contributed by atoms with Crippen LogP contribution in [0.5, 0.6) is 0 Å². The molecule has 8 heteroatoms. The van der Waals surface area contributed by atoms with E-state index in [9.17, 15) is 19.2 Å². The molecule has 132 valence electrons. The van der Waals surface area contributed by atoms with E-state index >= 15 is 0 Å². The number of hydrogen-bond donors (Lipinski definition) is 2. The van der Waals surface area contributed by atoms with Gasteiger partial charge in [-0.25, -0.2) is 4.79 Å². The summed E-state index contributed by atoms with van der Waals surface area (Å²) in [5, 5.41) is 5.21. The molecule has 2 N–H and O–H groups in total. The summed E-state index contributed by atoms with van der Waals surface area (Å²) in [7, 11) is 0. The number of anilines is 2. The summed E-state index contributed by atoms with van der Waals surface area (Å²) in [6.07, 6.45) is 2.07. The Kier molecular flexibility index (Phi) is 4.97. The van der Waals surface area contributed by atoms with Crippen LogP contribution in [0.25, 0.3) is 0 Å². The molecule has 0 aromatic heterocycles. The Morgan fingerprint density at radius 1 is 1.12 bits per heavy atom. The molecular formula is C17H20N4O4. The zero-order valence-corrected chi connectivity index (χ0v) is 13.8. The Balaban J connectivity index is 1.45. The third-order valence-corrected chi connectivity index (χ3v) is 4.26. The summed E-state index contributed by atoms with van der Waals surface area (Å²) in [5.41, 5.74) is 1.48. The smallest absolute Gasteiger partial charge is 0.324 e. The van der Waals surface area contributed by atoms with Gasteiger partial charge in [0.25, 0.3) is 0 Å². The van der Waals surface area contributed by atoms with E-state index in [1.54, 1.807) is 17.0 Å². The number of carbonyl (C=O) groups excluding carboxylic acids is 4. The minimum absolute atomic E-state index is 0.0247. The van der Waals surface area contributed by atoms with Crippen molar-refractivity contribution in [2.24, 2.45) is 0 Å². The lowest BCUT2D eigenvalue weighted by atomic mass is 10.2. The molecule has 5 amide bonds. The highest BCUT2D eigenvalue weighted by molar-refractivity contribution is 6.02. The van der Waals surface area contributed by atoms with Crippen molar-refractivity contribution in [1.29, 1.82) is 0 Å². The van der Waals surface area contributed by atoms with Crippen LogP contribution >= 0.6 is 0 Å². The Labute approximate surface area is 145 Å². The lowest BCUT2D eigenvalue weighted by Crippen LogP contribution is -2.32. The molecule has 2 aliphatic rings. The van der Waals surface area contributed by atoms with Crippen molar-refractivity contribution in [3.63, 3.8) is 0 Å². The largest absolute Gasteiger partial charge is 0.329 e. The van der Waals surface area contributed by atoms with Crippen molar-refractivity contribution < 1.29 is 19.2 Å². The lowest BCUT2D eigenvalue weighted by Gasteiger charge is -2.16. The topological polar surface area (TPSA) is 98.8 Å². The van der Waals surface area contributed by atoms with Gasteiger partial charge in [-0.15, -0.1) is 0 Å². The number of nitrogens with one attached hydrogen (secondary N) is 2. The average molecular weight is 344 g/mol. The molecule has 0 radical (unpaired) electrons. The van der Waals surface area contributed by atoms with Crippen molar-refractivity contribution in [1.82, 2.24) is 10.2 Å². The minimum Gasteiger partial charge on any atom is -0.329 e. The Morgan fingerprint density at radius 3 is 2.48 bits per heavy atom. The second kappa shape index (κ2) is 7.33. The van der Waals surface area contributed by atoms with Gasteiger partial charge in [-0.2, -0.15) is 0 Å². The SMILES string of the molecule is O=C(CCCN1C(=O)CNC1=O)Nc1ccc(N2CCCC2=O)cc1. The van der Waals surface area contributed by atoms with Crippen LogP contribution in [-0.2, 0) is 14.4 Å². The Bertz CT molecular complexity index is 685. The quantitative estimate of drug-likeness (QED) is 0.755. The van der Waals surface area contributed by atoms with E-state index in [1.165, 1.54) is 0 Å². The van der Waals surface area contributed by atoms with Gasteiger partial charge in [0.15, 0.2) is 0 Å². The predicted molar refractivity (Wildman–Crippen MR) is 91.0 cm³/mol. The molecule has 25 heavy (non-hydrogen) atoms. The van der Waals surface area contributed by atoms with Crippen LogP contribution in [-0.4, -0.2) is 48.3 Å². The fraction of sp³-hybridized carbons (Fsp3) is 0.412. The molecule has 0 bridgehead atoms. The van der Waals surface area contributed by atoms with E-state index in [2.05, 4.69) is 10.6 Å². The summed E-state index contributed by atoms with van der Waals surface area (Å²) in [4.78, 5) is 49.3. The molecule has 0 atom stereocenters. The van der Waals surface area contributed by atoms with E-state index in [-0.39, 0.29) is 37.2 Å². The van der Waals surface area contributed by atoms with Crippen LogP contribution < -0.4 is 15.5 Å². The summed E-state index contributed by atoms with van der Waals surface area (Å²) in [5.74, 6) is -0.327. The maximum absolute atomic E-state index is 12.0. The maximum Gasteiger partial charge on any atom is 0.324 e. The fourth-order valence-electron chi connectivity index (χ4n) is 2.95. The van der Waals surface area contributed by atoms with Crippen molar-refractivity contribution in [2.75, 3.05) is 29.9 Å². The van der Waals surface area contributed by atoms with Gasteiger partial charge in [-0.05, 0) is 37.1 Å². The van der Waals surface area contributed by atoms with E-state index in [4.69, 9.17) is 0 Å². The number of imide groups is 1. The number of urea groups is 1. The summed E-state index contributed by atoms with van der Waals surface area (Å²) in [6, 6.07) is 6.74. The predicted octanol–water partition coefficient (Wildman–Crippen LogP) is 1.08. The van der Waals surface area contributed by atoms with Crippen molar-refractivity contribution in [3.8, 4) is 0 Å². The second-order valence-electron chi connectivity index (χ2n) is 6.05. The molecule has 2 aliphatic heterocycles. The van der Waals surface area contributed by atoms with Crippen molar-refractivity contribution in [2.45, 2.75) is 25.7 Å². The molecule has 3 rings (SSSR count). The van der Waals surface area contributed by atoms with E-state index in [1.807, 2.05) is 12.1 Å². The van der Waals surface area contributed by atoms with Gasteiger partial charge in [0, 0.05) is 37.3 Å². The number of rotatable bonds is 6. The van der Waals surface area contributed by atoms with Crippen LogP contribution in [0.3, 0.4) is 0 Å². The second-order valence-corrected chi connectivity index (χ2v) is 6.05. The Hall–Kier alpha value is -2.90. The number of amides is 5. The first-order chi connectivity index (χ1) is 12.0. The summed E-state index contributed by atoms with van der Waals surface area (Å²) < 4.78 is 0. The maximum atomic E-state index is 12.0. The van der Waals surface area contributed by atoms with E-state index in [0.29, 0.717) is 18.5 Å². The first kappa shape index (κ1) is 16.9. The van der Waals surface area contributed by atoms with Crippen LogP contribution in [0, 0.1) is 0 Å². The van der Waals surface area contributed by atoms with Crippen LogP contribution in [0.1, 0.15) is 25.7 Å². The molecule has 2 heterocycles. The standard InChI is InChI=1S/C17H20N4O4/c22-14(3-1-10-21-16(24)11-18-17(21)25)19-12-5-7-13(8-6-12)20-9-2-4-15(20)23/h5-8H,1-4,9-11H2,(H,18,25)(H,19,22). The highest BCUT2D eigenvalue weighted by atomic mass is 16.2. The molecular weight excluding hydrogens is 324 g/mol. The van der Waals surface area contributed by atoms with Gasteiger partial charge >= 0.3 is 6.03 Å². The molecule has 2 fully saturated rings. The van der Waals surface area contributed by atoms with Gasteiger partial charge < -0.3 is 15.5 Å². The third kappa shape index (κ3) is 3.96. The molecule has 1 aromatic rings. The molecule has 8 nitrogen and oxygen atoms in total. The number of nitrogens with zero attached hydrogens (tertiary/aromatic N) is 2. The molecule has 0 unspecified atom stereocenters. The third-order valence-electron chi connectivity index (χ3n) is 4.26. The van der Waals surface area contributed by atoms with Crippen LogP contribution in [0.4, 0.5) is 16.2 Å². The minimum atomic E-state index is -0.405. The summed E-state index contributed by atoms with van der Waals surface area (Å²) in [6.45, 7) is 0.984. The monoisotopic (exact) mass is 344 g/mol. The molecule has 0 spiro atoms. The van der Waals surface area contributed by atoms with E-state index in [0.717, 1.165) is 23.6 Å². The highest BCUT2D eigenvalue weighted by Gasteiger charge is 2.27. The normalized spacial score (nSPS) is 17.2. The molecule has 2 saturated heterocycles. The van der Waals surface area contributed by atoms with Gasteiger partial charge in [-0.3, -0.25) is 19.3 Å². The van der Waals surface area contributed by atoms with Gasteiger partial charge in [0.05, 0.1) is 6.54 Å². The van der Waals surface area contributed by atoms with Crippen molar-refractivity contribution >= 4 is 35.1 Å². The number of benzene rings is 1. The first-order valence-corrected chi connectivity index (χ1v) is 8.33. The van der Waals surface area contributed by atoms with Gasteiger partial charge in [0.2, 0.25) is 17.7 Å².